The molecule has 0 radical (unpaired) electrons. The smallest absolute Gasteiger partial charge is 0.317 e. The fourth-order valence-corrected chi connectivity index (χ4v) is 2.25. The summed E-state index contributed by atoms with van der Waals surface area (Å²) in [5.74, 6) is 0.198. The van der Waals surface area contributed by atoms with Crippen molar-refractivity contribution in [2.75, 3.05) is 39.3 Å². The van der Waals surface area contributed by atoms with Gasteiger partial charge in [-0.05, 0) is 19.8 Å². The zero-order valence-electron chi connectivity index (χ0n) is 11.7. The summed E-state index contributed by atoms with van der Waals surface area (Å²) in [5, 5.41) is 6.13. The van der Waals surface area contributed by atoms with E-state index in [-0.39, 0.29) is 11.9 Å². The molecule has 2 aliphatic rings. The Morgan fingerprint density at radius 3 is 2.32 bits per heavy atom. The van der Waals surface area contributed by atoms with Gasteiger partial charge >= 0.3 is 6.03 Å². The van der Waals surface area contributed by atoms with Crippen LogP contribution >= 0.6 is 0 Å². The van der Waals surface area contributed by atoms with E-state index in [1.807, 2.05) is 11.8 Å². The first-order valence-electron chi connectivity index (χ1n) is 7.24. The van der Waals surface area contributed by atoms with Gasteiger partial charge in [-0.3, -0.25) is 4.79 Å². The lowest BCUT2D eigenvalue weighted by molar-refractivity contribution is -0.132. The van der Waals surface area contributed by atoms with Crippen LogP contribution in [0.2, 0.25) is 0 Å². The molecule has 6 heteroatoms. The van der Waals surface area contributed by atoms with Crippen LogP contribution in [0.5, 0.6) is 0 Å². The van der Waals surface area contributed by atoms with Crippen LogP contribution in [0.4, 0.5) is 4.79 Å². The lowest BCUT2D eigenvalue weighted by Gasteiger charge is -2.34. The van der Waals surface area contributed by atoms with E-state index in [4.69, 9.17) is 0 Å². The zero-order valence-corrected chi connectivity index (χ0v) is 11.7. The second-order valence-electron chi connectivity index (χ2n) is 5.18. The molecule has 0 atom stereocenters. The van der Waals surface area contributed by atoms with Gasteiger partial charge < -0.3 is 20.4 Å². The Balaban J connectivity index is 1.63. The van der Waals surface area contributed by atoms with E-state index in [0.29, 0.717) is 45.2 Å². The summed E-state index contributed by atoms with van der Waals surface area (Å²) in [6.45, 7) is 5.90. The maximum absolute atomic E-state index is 12.0. The molecular weight excluding hydrogens is 244 g/mol. The van der Waals surface area contributed by atoms with Crippen LogP contribution in [0.15, 0.2) is 0 Å². The van der Waals surface area contributed by atoms with E-state index >= 15 is 0 Å². The molecule has 2 rings (SSSR count). The maximum Gasteiger partial charge on any atom is 0.317 e. The number of amides is 3. The van der Waals surface area contributed by atoms with Gasteiger partial charge in [-0.1, -0.05) is 0 Å². The number of carbonyl (C=O) groups excluding carboxylic acids is 2. The summed E-state index contributed by atoms with van der Waals surface area (Å²) in [4.78, 5) is 27.2. The second kappa shape index (κ2) is 6.75. The van der Waals surface area contributed by atoms with Crippen molar-refractivity contribution in [1.82, 2.24) is 20.4 Å². The Morgan fingerprint density at radius 1 is 1.11 bits per heavy atom. The van der Waals surface area contributed by atoms with Crippen molar-refractivity contribution < 1.29 is 9.59 Å². The molecular formula is C13H24N4O2. The Hall–Kier alpha value is -1.30. The molecule has 0 aromatic carbocycles. The molecule has 1 aliphatic carbocycles. The Kier molecular flexibility index (Phi) is 5.01. The van der Waals surface area contributed by atoms with Crippen molar-refractivity contribution in [3.8, 4) is 0 Å². The number of piperazine rings is 1. The maximum atomic E-state index is 12.0. The van der Waals surface area contributed by atoms with Crippen LogP contribution in [0.1, 0.15) is 26.2 Å². The van der Waals surface area contributed by atoms with Crippen LogP contribution in [-0.4, -0.2) is 67.0 Å². The van der Waals surface area contributed by atoms with Gasteiger partial charge in [0, 0.05) is 51.7 Å². The van der Waals surface area contributed by atoms with Crippen molar-refractivity contribution >= 4 is 11.9 Å². The Morgan fingerprint density at radius 2 is 1.74 bits per heavy atom. The average Bonchev–Trinajstić information content (AvgIpc) is 3.23. The standard InChI is InChI=1S/C13H24N4O2/c1-2-14-13(19)17-9-7-16(8-10-17)12(18)5-6-15-11-3-4-11/h11,15H,2-10H2,1H3,(H,14,19). The highest BCUT2D eigenvalue weighted by molar-refractivity contribution is 5.77. The number of nitrogens with one attached hydrogen (secondary N) is 2. The summed E-state index contributed by atoms with van der Waals surface area (Å²) < 4.78 is 0. The van der Waals surface area contributed by atoms with Crippen LogP contribution in [-0.2, 0) is 4.79 Å². The molecule has 6 nitrogen and oxygen atoms in total. The molecule has 2 N–H and O–H groups in total. The minimum Gasteiger partial charge on any atom is -0.339 e. The van der Waals surface area contributed by atoms with E-state index in [9.17, 15) is 9.59 Å². The molecule has 0 unspecified atom stereocenters. The van der Waals surface area contributed by atoms with Gasteiger partial charge in [-0.15, -0.1) is 0 Å². The first kappa shape index (κ1) is 14.1. The molecule has 1 saturated heterocycles. The van der Waals surface area contributed by atoms with Gasteiger partial charge in [0.1, 0.15) is 0 Å². The SMILES string of the molecule is CCNC(=O)N1CCN(C(=O)CCNC2CC2)CC1. The topological polar surface area (TPSA) is 64.7 Å². The summed E-state index contributed by atoms with van der Waals surface area (Å²) in [7, 11) is 0. The fourth-order valence-electron chi connectivity index (χ4n) is 2.25. The minimum absolute atomic E-state index is 0.0231. The van der Waals surface area contributed by atoms with Crippen molar-refractivity contribution in [2.24, 2.45) is 0 Å². The molecule has 0 aromatic rings. The van der Waals surface area contributed by atoms with Crippen molar-refractivity contribution in [3.63, 3.8) is 0 Å². The lowest BCUT2D eigenvalue weighted by atomic mass is 10.3. The quantitative estimate of drug-likeness (QED) is 0.738. The molecule has 0 aromatic heterocycles. The van der Waals surface area contributed by atoms with Gasteiger partial charge in [0.15, 0.2) is 0 Å². The van der Waals surface area contributed by atoms with Crippen LogP contribution in [0, 0.1) is 0 Å². The molecule has 1 saturated carbocycles. The predicted octanol–water partition coefficient (Wildman–Crippen LogP) is 0.00220. The molecule has 2 fully saturated rings. The molecule has 3 amide bonds. The number of urea groups is 1. The third kappa shape index (κ3) is 4.38. The van der Waals surface area contributed by atoms with E-state index in [2.05, 4.69) is 10.6 Å². The van der Waals surface area contributed by atoms with Crippen molar-refractivity contribution in [3.05, 3.63) is 0 Å². The van der Waals surface area contributed by atoms with E-state index in [1.54, 1.807) is 4.90 Å². The van der Waals surface area contributed by atoms with Crippen LogP contribution in [0.25, 0.3) is 0 Å². The van der Waals surface area contributed by atoms with Crippen molar-refractivity contribution in [1.29, 1.82) is 0 Å². The highest BCUT2D eigenvalue weighted by atomic mass is 16.2. The van der Waals surface area contributed by atoms with Gasteiger partial charge in [0.25, 0.3) is 0 Å². The van der Waals surface area contributed by atoms with Gasteiger partial charge in [0.2, 0.25) is 5.91 Å². The van der Waals surface area contributed by atoms with Gasteiger partial charge in [-0.2, -0.15) is 0 Å². The largest absolute Gasteiger partial charge is 0.339 e. The summed E-state index contributed by atoms with van der Waals surface area (Å²) in [6, 6.07) is 0.632. The number of hydrogen-bond acceptors (Lipinski definition) is 3. The van der Waals surface area contributed by atoms with E-state index in [0.717, 1.165) is 6.54 Å². The minimum atomic E-state index is -0.0231. The average molecular weight is 268 g/mol. The second-order valence-corrected chi connectivity index (χ2v) is 5.18. The number of carbonyl (C=O) groups is 2. The summed E-state index contributed by atoms with van der Waals surface area (Å²) in [6.07, 6.45) is 3.07. The highest BCUT2D eigenvalue weighted by Crippen LogP contribution is 2.18. The van der Waals surface area contributed by atoms with E-state index in [1.165, 1.54) is 12.8 Å². The number of hydrogen-bond donors (Lipinski definition) is 2. The number of nitrogens with zero attached hydrogens (tertiary/aromatic N) is 2. The lowest BCUT2D eigenvalue weighted by Crippen LogP contribution is -2.53. The summed E-state index contributed by atoms with van der Waals surface area (Å²) >= 11 is 0. The molecule has 108 valence electrons. The number of rotatable bonds is 5. The zero-order chi connectivity index (χ0) is 13.7. The third-order valence-electron chi connectivity index (χ3n) is 3.60. The Labute approximate surface area is 114 Å². The fraction of sp³-hybridized carbons (Fsp3) is 0.846. The van der Waals surface area contributed by atoms with Crippen LogP contribution in [0.3, 0.4) is 0 Å². The molecule has 1 heterocycles. The first-order valence-corrected chi connectivity index (χ1v) is 7.24. The molecule has 19 heavy (non-hydrogen) atoms. The third-order valence-corrected chi connectivity index (χ3v) is 3.60. The van der Waals surface area contributed by atoms with Gasteiger partial charge in [0.05, 0.1) is 0 Å². The summed E-state index contributed by atoms with van der Waals surface area (Å²) in [5.41, 5.74) is 0. The molecule has 0 bridgehead atoms. The monoisotopic (exact) mass is 268 g/mol. The highest BCUT2D eigenvalue weighted by Gasteiger charge is 2.24. The van der Waals surface area contributed by atoms with E-state index < -0.39 is 0 Å². The van der Waals surface area contributed by atoms with Crippen LogP contribution < -0.4 is 10.6 Å². The van der Waals surface area contributed by atoms with Crippen molar-refractivity contribution in [2.45, 2.75) is 32.2 Å². The molecule has 1 aliphatic heterocycles. The normalized spacial score (nSPS) is 19.4. The first-order chi connectivity index (χ1) is 9.20. The Bertz CT molecular complexity index is 323. The van der Waals surface area contributed by atoms with Gasteiger partial charge in [-0.25, -0.2) is 4.79 Å². The molecule has 0 spiro atoms. The predicted molar refractivity (Wildman–Crippen MR) is 72.9 cm³/mol.